The molecule has 4 N–H and O–H groups in total. The minimum atomic E-state index is -2.49. The van der Waals surface area contributed by atoms with Crippen LogP contribution in [-0.2, 0) is 0 Å². The number of aromatic nitrogens is 1. The fraction of sp³-hybridized carbons (Fsp3) is 0.433. The molecule has 1 aromatic heterocycles. The minimum absolute atomic E-state index is 0.0554. The van der Waals surface area contributed by atoms with E-state index in [9.17, 15) is 14.0 Å². The van der Waals surface area contributed by atoms with E-state index in [-0.39, 0.29) is 5.41 Å². The van der Waals surface area contributed by atoms with Crippen LogP contribution in [0.2, 0.25) is 5.02 Å². The summed E-state index contributed by atoms with van der Waals surface area (Å²) in [5, 5.41) is 18.6. The molecule has 1 aromatic carbocycles. The van der Waals surface area contributed by atoms with Crippen LogP contribution >= 0.6 is 11.6 Å². The molecule has 0 unspecified atom stereocenters. The van der Waals surface area contributed by atoms with Crippen LogP contribution in [0.5, 0.6) is 0 Å². The molecule has 1 saturated carbocycles. The second-order valence-electron chi connectivity index (χ2n) is 11.8. The summed E-state index contributed by atoms with van der Waals surface area (Å²) in [5.41, 5.74) is 10.7. The van der Waals surface area contributed by atoms with Crippen molar-refractivity contribution in [1.29, 1.82) is 5.26 Å². The molecule has 2 heterocycles. The number of rotatable bonds is 10. The van der Waals surface area contributed by atoms with Crippen LogP contribution in [0.15, 0.2) is 46.7 Å². The van der Waals surface area contributed by atoms with Gasteiger partial charge in [-0.05, 0) is 63.9 Å². The first-order chi connectivity index (χ1) is 19.3. The van der Waals surface area contributed by atoms with Gasteiger partial charge in [0.2, 0.25) is 0 Å². The minimum Gasteiger partial charge on any atom is -0.383 e. The highest BCUT2D eigenvalue weighted by Crippen LogP contribution is 2.47. The van der Waals surface area contributed by atoms with Gasteiger partial charge in [-0.25, -0.2) is 8.78 Å². The van der Waals surface area contributed by atoms with Gasteiger partial charge in [-0.1, -0.05) is 38.4 Å². The number of allylic oxidation sites excluding steroid dienone is 1. The van der Waals surface area contributed by atoms with Crippen LogP contribution in [-0.4, -0.2) is 35.2 Å². The van der Waals surface area contributed by atoms with Crippen molar-refractivity contribution >= 4 is 35.4 Å². The monoisotopic (exact) mass is 582 g/mol. The first kappa shape index (κ1) is 30.3. The van der Waals surface area contributed by atoms with E-state index in [1.165, 1.54) is 5.01 Å². The number of hydrazine groups is 2. The molecule has 1 atom stereocenters. The van der Waals surface area contributed by atoms with Crippen molar-refractivity contribution in [1.82, 2.24) is 26.3 Å². The Morgan fingerprint density at radius 3 is 2.56 bits per heavy atom. The summed E-state index contributed by atoms with van der Waals surface area (Å²) in [6.45, 7) is 16.2. The van der Waals surface area contributed by atoms with E-state index in [0.29, 0.717) is 58.3 Å². The van der Waals surface area contributed by atoms with Gasteiger partial charge in [-0.3, -0.25) is 15.0 Å². The Morgan fingerprint density at radius 2 is 2.00 bits per heavy atom. The molecule has 4 rings (SSSR count). The van der Waals surface area contributed by atoms with Gasteiger partial charge in [-0.2, -0.15) is 5.26 Å². The normalized spacial score (nSPS) is 17.3. The molecule has 1 aliphatic carbocycles. The van der Waals surface area contributed by atoms with Gasteiger partial charge in [0.25, 0.3) is 6.43 Å². The summed E-state index contributed by atoms with van der Waals surface area (Å²) >= 11 is 6.73. The third kappa shape index (κ3) is 6.47. The fourth-order valence-corrected chi connectivity index (χ4v) is 5.05. The lowest BCUT2D eigenvalue weighted by molar-refractivity contribution is 0.00911. The maximum atomic E-state index is 13.9. The molecular weight excluding hydrogens is 546 g/mol. The van der Waals surface area contributed by atoms with Crippen molar-refractivity contribution in [2.45, 2.75) is 72.4 Å². The highest BCUT2D eigenvalue weighted by molar-refractivity contribution is 6.33. The largest absolute Gasteiger partial charge is 0.383 e. The topological polar surface area (TPSA) is 100 Å². The number of anilines is 1. The van der Waals surface area contributed by atoms with Gasteiger partial charge in [0, 0.05) is 40.9 Å². The van der Waals surface area contributed by atoms with Gasteiger partial charge in [-0.15, -0.1) is 5.53 Å². The molecule has 0 amide bonds. The number of nitrogens with one attached hydrogen (secondary N) is 4. The summed E-state index contributed by atoms with van der Waals surface area (Å²) in [4.78, 5) is 8.81. The third-order valence-corrected chi connectivity index (χ3v) is 7.55. The lowest BCUT2D eigenvalue weighted by Crippen LogP contribution is -2.48. The zero-order valence-electron chi connectivity index (χ0n) is 24.3. The smallest absolute Gasteiger partial charge is 0.262 e. The Hall–Kier alpha value is -3.68. The maximum Gasteiger partial charge on any atom is 0.262 e. The molecule has 1 aliphatic heterocycles. The Balaban J connectivity index is 1.80. The van der Waals surface area contributed by atoms with Crippen molar-refractivity contribution < 1.29 is 8.78 Å². The fourth-order valence-electron chi connectivity index (χ4n) is 4.77. The van der Waals surface area contributed by atoms with Crippen molar-refractivity contribution in [3.63, 3.8) is 0 Å². The number of alkyl halides is 2. The third-order valence-electron chi connectivity index (χ3n) is 7.27. The van der Waals surface area contributed by atoms with Crippen LogP contribution in [0.4, 0.5) is 20.2 Å². The predicted molar refractivity (Wildman–Crippen MR) is 161 cm³/mol. The quantitative estimate of drug-likeness (QED) is 0.183. The maximum absolute atomic E-state index is 13.9. The van der Waals surface area contributed by atoms with Crippen LogP contribution in [0, 0.1) is 30.6 Å². The van der Waals surface area contributed by atoms with E-state index < -0.39 is 18.0 Å². The van der Waals surface area contributed by atoms with Crippen molar-refractivity contribution in [2.24, 2.45) is 10.4 Å². The standard InChI is InChI=1S/C30H37ClF2N8/c1-17(14-34)25(36-16-29(4,5)6)22-12-20(13-23(31)26(22)35-7)38-27(21-9-8-18(2)37-19(21)3)24-15-41(40-39-24)30(10-11-30)28(32)33/h8-9,12-13,15,27-28,36,38-40H,7,10-11,16H2,1-6H3/b25-17-/t27-/m0/s1. The van der Waals surface area contributed by atoms with Crippen LogP contribution < -0.4 is 21.6 Å². The molecule has 1 fully saturated rings. The van der Waals surface area contributed by atoms with E-state index in [1.807, 2.05) is 32.0 Å². The van der Waals surface area contributed by atoms with Crippen molar-refractivity contribution in [3.05, 3.63) is 69.3 Å². The first-order valence-electron chi connectivity index (χ1n) is 13.5. The van der Waals surface area contributed by atoms with E-state index in [1.54, 1.807) is 19.2 Å². The molecule has 2 aromatic rings. The molecule has 218 valence electrons. The molecule has 0 spiro atoms. The van der Waals surface area contributed by atoms with Gasteiger partial charge in [0.1, 0.15) is 5.54 Å². The summed E-state index contributed by atoms with van der Waals surface area (Å²) in [6.07, 6.45) is -0.00280. The molecule has 0 saturated heterocycles. The lowest BCUT2D eigenvalue weighted by atomic mass is 9.95. The number of hydrogen-bond donors (Lipinski definition) is 4. The Morgan fingerprint density at radius 1 is 1.29 bits per heavy atom. The van der Waals surface area contributed by atoms with Crippen LogP contribution in [0.3, 0.4) is 0 Å². The van der Waals surface area contributed by atoms with Gasteiger partial charge >= 0.3 is 0 Å². The predicted octanol–water partition coefficient (Wildman–Crippen LogP) is 6.69. The Bertz CT molecular complexity index is 1430. The Labute approximate surface area is 245 Å². The van der Waals surface area contributed by atoms with E-state index in [0.717, 1.165) is 17.0 Å². The summed E-state index contributed by atoms with van der Waals surface area (Å²) in [7, 11) is 0. The highest BCUT2D eigenvalue weighted by Gasteiger charge is 2.56. The van der Waals surface area contributed by atoms with Crippen molar-refractivity contribution in [3.8, 4) is 6.07 Å². The summed E-state index contributed by atoms with van der Waals surface area (Å²) in [6, 6.07) is 9.24. The zero-order valence-corrected chi connectivity index (χ0v) is 25.0. The number of aliphatic imine (C=N–C) groups is 1. The van der Waals surface area contributed by atoms with E-state index >= 15 is 0 Å². The van der Waals surface area contributed by atoms with Crippen LogP contribution in [0.25, 0.3) is 5.70 Å². The summed E-state index contributed by atoms with van der Waals surface area (Å²) < 4.78 is 27.7. The first-order valence-corrected chi connectivity index (χ1v) is 13.8. The van der Waals surface area contributed by atoms with Gasteiger partial charge in [0.05, 0.1) is 39.8 Å². The number of aryl methyl sites for hydroxylation is 2. The second kappa shape index (κ2) is 11.7. The Kier molecular flexibility index (Phi) is 8.62. The second-order valence-corrected chi connectivity index (χ2v) is 12.2. The lowest BCUT2D eigenvalue weighted by Gasteiger charge is -2.25. The molecular formula is C30H37ClF2N8. The average Bonchev–Trinajstić information content (AvgIpc) is 3.57. The van der Waals surface area contributed by atoms with Gasteiger partial charge < -0.3 is 16.1 Å². The molecule has 11 heteroatoms. The molecule has 41 heavy (non-hydrogen) atoms. The van der Waals surface area contributed by atoms with E-state index in [4.69, 9.17) is 11.6 Å². The number of hydrogen-bond acceptors (Lipinski definition) is 8. The summed E-state index contributed by atoms with van der Waals surface area (Å²) in [5.74, 6) is 0. The SMILES string of the molecule is C=Nc1c(Cl)cc(N[C@H](C2=CN(C3(C(F)F)CC3)NN2)c2ccc(C)nc2C)cc1/C(NCC(C)(C)C)=C(\C)C#N. The van der Waals surface area contributed by atoms with Crippen molar-refractivity contribution in [2.75, 3.05) is 11.9 Å². The number of nitriles is 1. The number of nitrogens with zero attached hydrogens (tertiary/aromatic N) is 4. The molecule has 2 aliphatic rings. The molecule has 0 bridgehead atoms. The number of pyridine rings is 1. The molecule has 8 nitrogen and oxygen atoms in total. The van der Waals surface area contributed by atoms with Crippen LogP contribution in [0.1, 0.15) is 69.1 Å². The molecule has 0 radical (unpaired) electrons. The number of benzene rings is 1. The zero-order chi connectivity index (χ0) is 30.1. The van der Waals surface area contributed by atoms with E-state index in [2.05, 4.69) is 65.1 Å². The highest BCUT2D eigenvalue weighted by atomic mass is 35.5. The average molecular weight is 583 g/mol. The van der Waals surface area contributed by atoms with Gasteiger partial charge in [0.15, 0.2) is 0 Å². The number of halogens is 3.